The number of nitrogens with one attached hydrogen (secondary N) is 1. The molecular weight excluding hydrogens is 260 g/mol. The minimum absolute atomic E-state index is 0.183. The number of benzene rings is 1. The van der Waals surface area contributed by atoms with Crippen LogP contribution in [0.5, 0.6) is 0 Å². The lowest BCUT2D eigenvalue weighted by Gasteiger charge is -2.31. The van der Waals surface area contributed by atoms with Gasteiger partial charge in [0.05, 0.1) is 0 Å². The topological polar surface area (TPSA) is 86.7 Å². The number of piperidine rings is 1. The van der Waals surface area contributed by atoms with E-state index in [2.05, 4.69) is 5.32 Å². The lowest BCUT2D eigenvalue weighted by Crippen LogP contribution is -2.51. The molecule has 1 atom stereocenters. The normalized spacial score (nSPS) is 18.7. The van der Waals surface area contributed by atoms with Crippen molar-refractivity contribution in [1.29, 1.82) is 0 Å². The number of carboxylic acids is 1. The zero-order valence-corrected chi connectivity index (χ0v) is 10.9. The van der Waals surface area contributed by atoms with Gasteiger partial charge in [-0.3, -0.25) is 14.4 Å². The number of likely N-dealkylation sites (tertiary alicyclic amines) is 1. The largest absolute Gasteiger partial charge is 0.480 e. The third-order valence-corrected chi connectivity index (χ3v) is 3.20. The molecule has 1 aromatic carbocycles. The van der Waals surface area contributed by atoms with Crippen LogP contribution in [0.15, 0.2) is 30.3 Å². The first kappa shape index (κ1) is 14.0. The average Bonchev–Trinajstić information content (AvgIpc) is 2.43. The first-order valence-electron chi connectivity index (χ1n) is 6.42. The molecule has 2 N–H and O–H groups in total. The van der Waals surface area contributed by atoms with Crippen LogP contribution < -0.4 is 5.32 Å². The Morgan fingerprint density at radius 1 is 1.30 bits per heavy atom. The smallest absolute Gasteiger partial charge is 0.323 e. The quantitative estimate of drug-likeness (QED) is 0.838. The van der Waals surface area contributed by atoms with Gasteiger partial charge >= 0.3 is 5.97 Å². The lowest BCUT2D eigenvalue weighted by atomic mass is 10.0. The SMILES string of the molecule is O=C(O)CN1CC(NC(=O)c2ccccc2)CCC1=O. The zero-order valence-electron chi connectivity index (χ0n) is 10.9. The highest BCUT2D eigenvalue weighted by atomic mass is 16.4. The lowest BCUT2D eigenvalue weighted by molar-refractivity contribution is -0.146. The van der Waals surface area contributed by atoms with Crippen LogP contribution in [-0.2, 0) is 9.59 Å². The molecule has 20 heavy (non-hydrogen) atoms. The van der Waals surface area contributed by atoms with E-state index in [9.17, 15) is 14.4 Å². The summed E-state index contributed by atoms with van der Waals surface area (Å²) < 4.78 is 0. The number of carbonyl (C=O) groups excluding carboxylic acids is 2. The minimum Gasteiger partial charge on any atom is -0.480 e. The highest BCUT2D eigenvalue weighted by Gasteiger charge is 2.28. The average molecular weight is 276 g/mol. The van der Waals surface area contributed by atoms with Crippen LogP contribution in [0.4, 0.5) is 0 Å². The van der Waals surface area contributed by atoms with Gasteiger partial charge in [-0.05, 0) is 18.6 Å². The Morgan fingerprint density at radius 2 is 2.00 bits per heavy atom. The first-order chi connectivity index (χ1) is 9.56. The molecule has 2 rings (SSSR count). The van der Waals surface area contributed by atoms with E-state index in [1.54, 1.807) is 24.3 Å². The van der Waals surface area contributed by atoms with Gasteiger partial charge in [-0.15, -0.1) is 0 Å². The van der Waals surface area contributed by atoms with Gasteiger partial charge in [-0.2, -0.15) is 0 Å². The highest BCUT2D eigenvalue weighted by Crippen LogP contribution is 2.12. The van der Waals surface area contributed by atoms with Gasteiger partial charge in [0.25, 0.3) is 5.91 Å². The third-order valence-electron chi connectivity index (χ3n) is 3.20. The minimum atomic E-state index is -1.05. The van der Waals surface area contributed by atoms with Crippen molar-refractivity contribution in [2.24, 2.45) is 0 Å². The second-order valence-corrected chi connectivity index (χ2v) is 4.74. The number of hydrogen-bond acceptors (Lipinski definition) is 3. The molecule has 1 saturated heterocycles. The van der Waals surface area contributed by atoms with E-state index in [1.165, 1.54) is 4.90 Å². The Labute approximate surface area is 116 Å². The molecule has 0 aliphatic carbocycles. The van der Waals surface area contributed by atoms with Crippen molar-refractivity contribution in [2.45, 2.75) is 18.9 Å². The molecule has 0 spiro atoms. The Morgan fingerprint density at radius 3 is 2.65 bits per heavy atom. The fraction of sp³-hybridized carbons (Fsp3) is 0.357. The maximum atomic E-state index is 12.0. The van der Waals surface area contributed by atoms with Crippen molar-refractivity contribution in [1.82, 2.24) is 10.2 Å². The first-order valence-corrected chi connectivity index (χ1v) is 6.42. The van der Waals surface area contributed by atoms with E-state index in [1.807, 2.05) is 6.07 Å². The molecule has 0 radical (unpaired) electrons. The monoisotopic (exact) mass is 276 g/mol. The van der Waals surface area contributed by atoms with Crippen molar-refractivity contribution < 1.29 is 19.5 Å². The Kier molecular flexibility index (Phi) is 4.34. The number of nitrogens with zero attached hydrogens (tertiary/aromatic N) is 1. The van der Waals surface area contributed by atoms with Crippen LogP contribution >= 0.6 is 0 Å². The van der Waals surface area contributed by atoms with Gasteiger partial charge in [-0.25, -0.2) is 0 Å². The molecule has 1 unspecified atom stereocenters. The van der Waals surface area contributed by atoms with Crippen LogP contribution in [0.3, 0.4) is 0 Å². The molecule has 1 aliphatic rings. The summed E-state index contributed by atoms with van der Waals surface area (Å²) in [7, 11) is 0. The number of amides is 2. The van der Waals surface area contributed by atoms with E-state index < -0.39 is 5.97 Å². The molecule has 2 amide bonds. The second-order valence-electron chi connectivity index (χ2n) is 4.74. The number of rotatable bonds is 4. The summed E-state index contributed by atoms with van der Waals surface area (Å²) in [6.45, 7) is -0.0831. The third kappa shape index (κ3) is 3.57. The van der Waals surface area contributed by atoms with Gasteiger partial charge in [0, 0.05) is 24.6 Å². The van der Waals surface area contributed by atoms with Gasteiger partial charge in [0.15, 0.2) is 0 Å². The Bertz CT molecular complexity index is 515. The summed E-state index contributed by atoms with van der Waals surface area (Å²) in [5, 5.41) is 11.6. The van der Waals surface area contributed by atoms with Crippen LogP contribution in [-0.4, -0.2) is 46.9 Å². The Balaban J connectivity index is 1.95. The summed E-state index contributed by atoms with van der Waals surface area (Å²) in [4.78, 5) is 35.5. The maximum Gasteiger partial charge on any atom is 0.323 e. The number of hydrogen-bond donors (Lipinski definition) is 2. The van der Waals surface area contributed by atoms with Crippen LogP contribution in [0.1, 0.15) is 23.2 Å². The predicted octanol–water partition coefficient (Wildman–Crippen LogP) is 0.492. The van der Waals surface area contributed by atoms with Crippen LogP contribution in [0.25, 0.3) is 0 Å². The predicted molar refractivity (Wildman–Crippen MR) is 71.1 cm³/mol. The Hall–Kier alpha value is -2.37. The summed E-state index contributed by atoms with van der Waals surface area (Å²) in [5.74, 6) is -1.44. The van der Waals surface area contributed by atoms with E-state index in [0.717, 1.165) is 0 Å². The molecule has 0 saturated carbocycles. The van der Waals surface area contributed by atoms with Crippen molar-refractivity contribution in [3.8, 4) is 0 Å². The molecule has 1 aromatic rings. The van der Waals surface area contributed by atoms with E-state index in [4.69, 9.17) is 5.11 Å². The summed E-state index contributed by atoms with van der Waals surface area (Å²) in [6.07, 6.45) is 0.792. The molecule has 1 fully saturated rings. The molecule has 6 heteroatoms. The van der Waals surface area contributed by atoms with Crippen molar-refractivity contribution in [3.05, 3.63) is 35.9 Å². The highest BCUT2D eigenvalue weighted by molar-refractivity contribution is 5.94. The molecule has 106 valence electrons. The molecule has 1 heterocycles. The second kappa shape index (κ2) is 6.18. The molecule has 6 nitrogen and oxygen atoms in total. The molecule has 0 bridgehead atoms. The fourth-order valence-corrected chi connectivity index (χ4v) is 2.21. The zero-order chi connectivity index (χ0) is 14.5. The molecular formula is C14H16N2O4. The summed E-state index contributed by atoms with van der Waals surface area (Å²) in [6, 6.07) is 8.58. The van der Waals surface area contributed by atoms with E-state index in [0.29, 0.717) is 12.0 Å². The van der Waals surface area contributed by atoms with Crippen LogP contribution in [0, 0.1) is 0 Å². The van der Waals surface area contributed by atoms with Crippen molar-refractivity contribution >= 4 is 17.8 Å². The van der Waals surface area contributed by atoms with Gasteiger partial charge in [0.2, 0.25) is 5.91 Å². The van der Waals surface area contributed by atoms with Gasteiger partial charge in [-0.1, -0.05) is 18.2 Å². The van der Waals surface area contributed by atoms with Crippen molar-refractivity contribution in [2.75, 3.05) is 13.1 Å². The number of aliphatic carboxylic acids is 1. The summed E-state index contributed by atoms with van der Waals surface area (Å²) in [5.41, 5.74) is 0.550. The summed E-state index contributed by atoms with van der Waals surface area (Å²) >= 11 is 0. The number of carbonyl (C=O) groups is 3. The maximum absolute atomic E-state index is 12.0. The molecule has 0 aromatic heterocycles. The van der Waals surface area contributed by atoms with E-state index >= 15 is 0 Å². The van der Waals surface area contributed by atoms with Gasteiger partial charge in [0.1, 0.15) is 6.54 Å². The van der Waals surface area contributed by atoms with Crippen LogP contribution in [0.2, 0.25) is 0 Å². The standard InChI is InChI=1S/C14H16N2O4/c17-12-7-6-11(8-16(12)9-13(18)19)15-14(20)10-4-2-1-3-5-10/h1-5,11H,6-9H2,(H,15,20)(H,18,19). The van der Waals surface area contributed by atoms with Crippen molar-refractivity contribution in [3.63, 3.8) is 0 Å². The molecule has 1 aliphatic heterocycles. The fourth-order valence-electron chi connectivity index (χ4n) is 2.21. The van der Waals surface area contributed by atoms with Gasteiger partial charge < -0.3 is 15.3 Å². The van der Waals surface area contributed by atoms with E-state index in [-0.39, 0.29) is 37.4 Å². The number of carboxylic acid groups (broad SMARTS) is 1.